The lowest BCUT2D eigenvalue weighted by molar-refractivity contribution is 0.149. The second-order valence-electron chi connectivity index (χ2n) is 3.81. The van der Waals surface area contributed by atoms with Crippen LogP contribution in [0.15, 0.2) is 0 Å². The number of hydrogen-bond donors (Lipinski definition) is 1. The monoisotopic (exact) mass is 274 g/mol. The quantitative estimate of drug-likeness (QED) is 0.454. The van der Waals surface area contributed by atoms with Crippen molar-refractivity contribution in [2.45, 2.75) is 26.3 Å². The van der Waals surface area contributed by atoms with Gasteiger partial charge in [-0.25, -0.2) is 5.01 Å². The van der Waals surface area contributed by atoms with Crippen LogP contribution in [0.4, 0.5) is 0 Å². The van der Waals surface area contributed by atoms with E-state index >= 15 is 0 Å². The molecule has 1 N–H and O–H groups in total. The lowest BCUT2D eigenvalue weighted by Crippen LogP contribution is -2.45. The van der Waals surface area contributed by atoms with Gasteiger partial charge in [-0.3, -0.25) is 4.57 Å². The van der Waals surface area contributed by atoms with E-state index in [4.69, 9.17) is 8.37 Å². The molecule has 0 aromatic carbocycles. The molecule has 0 atom stereocenters. The molecule has 0 aromatic rings. The third-order valence-electron chi connectivity index (χ3n) is 1.62. The molecule has 0 amide bonds. The van der Waals surface area contributed by atoms with Crippen LogP contribution >= 0.6 is 29.0 Å². The molecule has 5 nitrogen and oxygen atoms in total. The number of hydrazine groups is 1. The fraction of sp³-hybridized carbons (Fsp3) is 1.00. The second-order valence-corrected chi connectivity index (χ2v) is 10.6. The summed E-state index contributed by atoms with van der Waals surface area (Å²) < 4.78 is 21.9. The third kappa shape index (κ3) is 6.16. The van der Waals surface area contributed by atoms with Crippen LogP contribution in [0, 0.1) is 0 Å². The maximum atomic E-state index is 12.2. The number of hydrogen-bond acceptors (Lipinski definition) is 6. The minimum absolute atomic E-state index is 0.127. The Morgan fingerprint density at radius 3 is 1.87 bits per heavy atom. The van der Waals surface area contributed by atoms with Crippen LogP contribution in [0.3, 0.4) is 0 Å². The fourth-order valence-electron chi connectivity index (χ4n) is 0.576. The van der Waals surface area contributed by atoms with Gasteiger partial charge in [0.25, 0.3) is 0 Å². The van der Waals surface area contributed by atoms with E-state index in [1.165, 1.54) is 14.2 Å². The van der Waals surface area contributed by atoms with Crippen LogP contribution in [0.2, 0.25) is 0 Å². The zero-order valence-corrected chi connectivity index (χ0v) is 12.5. The van der Waals surface area contributed by atoms with Gasteiger partial charge < -0.3 is 8.37 Å². The molecule has 0 aromatic heterocycles. The minimum atomic E-state index is -2.81. The van der Waals surface area contributed by atoms with Crippen molar-refractivity contribution < 1.29 is 12.9 Å². The first-order chi connectivity index (χ1) is 6.75. The van der Waals surface area contributed by atoms with E-state index < -0.39 is 5.70 Å². The maximum absolute atomic E-state index is 12.2. The lowest BCUT2D eigenvalue weighted by atomic mass is 10.1. The third-order valence-corrected chi connectivity index (χ3v) is 6.52. The predicted molar refractivity (Wildman–Crippen MR) is 67.5 cm³/mol. The SMILES string of the molecule is COSP(=O)(NN(C)C(C)(C)C)SOC. The summed E-state index contributed by atoms with van der Waals surface area (Å²) in [5.74, 6) is 0. The normalized spacial score (nSPS) is 13.5. The standard InChI is InChI=1S/C7H19N2O3PS2/c1-7(2,3)9(4)8-13(10,14-11-5)15-12-6/h1-6H3,(H,8,10). The summed E-state index contributed by atoms with van der Waals surface area (Å²) >= 11 is 1.78. The second kappa shape index (κ2) is 6.49. The molecule has 0 aliphatic rings. The Morgan fingerprint density at radius 2 is 1.60 bits per heavy atom. The summed E-state index contributed by atoms with van der Waals surface area (Å²) in [6.45, 7) is 6.04. The number of nitrogens with zero attached hydrogens (tertiary/aromatic N) is 1. The number of nitrogens with one attached hydrogen (secondary N) is 1. The Labute approximate surface area is 99.9 Å². The molecule has 0 radical (unpaired) electrons. The summed E-state index contributed by atoms with van der Waals surface area (Å²) in [5.41, 5.74) is -2.93. The highest BCUT2D eigenvalue weighted by atomic mass is 33.1. The maximum Gasteiger partial charge on any atom is 0.319 e. The molecule has 0 heterocycles. The predicted octanol–water partition coefficient (Wildman–Crippen LogP) is 2.92. The zero-order valence-electron chi connectivity index (χ0n) is 9.94. The van der Waals surface area contributed by atoms with Crippen molar-refractivity contribution in [2.75, 3.05) is 21.3 Å². The van der Waals surface area contributed by atoms with Gasteiger partial charge in [-0.1, -0.05) is 0 Å². The molecule has 0 saturated heterocycles. The molecule has 0 saturated carbocycles. The van der Waals surface area contributed by atoms with E-state index in [1.54, 1.807) is 5.01 Å². The van der Waals surface area contributed by atoms with Crippen LogP contribution in [0.25, 0.3) is 0 Å². The first-order valence-electron chi connectivity index (χ1n) is 4.32. The molecular weight excluding hydrogens is 255 g/mol. The van der Waals surface area contributed by atoms with Crippen LogP contribution < -0.4 is 5.20 Å². The molecule has 0 aliphatic carbocycles. The van der Waals surface area contributed by atoms with Gasteiger partial charge in [-0.15, -0.1) is 0 Å². The molecule has 0 rings (SSSR count). The van der Waals surface area contributed by atoms with Crippen molar-refractivity contribution in [1.82, 2.24) is 10.2 Å². The number of rotatable bonds is 6. The highest BCUT2D eigenvalue weighted by molar-refractivity contribution is 8.87. The van der Waals surface area contributed by atoms with E-state index in [2.05, 4.69) is 5.20 Å². The van der Waals surface area contributed by atoms with Crippen LogP contribution in [-0.2, 0) is 12.9 Å². The molecule has 0 fully saturated rings. The van der Waals surface area contributed by atoms with E-state index in [-0.39, 0.29) is 5.54 Å². The van der Waals surface area contributed by atoms with E-state index in [1.807, 2.05) is 27.8 Å². The highest BCUT2D eigenvalue weighted by Crippen LogP contribution is 2.66. The van der Waals surface area contributed by atoms with Crippen molar-refractivity contribution in [2.24, 2.45) is 0 Å². The summed E-state index contributed by atoms with van der Waals surface area (Å²) in [6, 6.07) is 0. The van der Waals surface area contributed by atoms with Gasteiger partial charge in [0, 0.05) is 12.6 Å². The van der Waals surface area contributed by atoms with Gasteiger partial charge in [-0.05, 0) is 20.8 Å². The molecule has 0 unspecified atom stereocenters. The molecule has 0 spiro atoms. The summed E-state index contributed by atoms with van der Waals surface area (Å²) in [4.78, 5) is 0. The van der Waals surface area contributed by atoms with E-state index in [9.17, 15) is 4.57 Å². The van der Waals surface area contributed by atoms with Gasteiger partial charge in [0.15, 0.2) is 0 Å². The molecule has 0 aliphatic heterocycles. The largest absolute Gasteiger partial charge is 0.319 e. The summed E-state index contributed by atoms with van der Waals surface area (Å²) in [5, 5.41) is 4.68. The average molecular weight is 274 g/mol. The molecule has 0 bridgehead atoms. The molecular formula is C7H19N2O3PS2. The van der Waals surface area contributed by atoms with Gasteiger partial charge >= 0.3 is 5.70 Å². The van der Waals surface area contributed by atoms with Crippen molar-refractivity contribution in [1.29, 1.82) is 0 Å². The van der Waals surface area contributed by atoms with Gasteiger partial charge in [-0.2, -0.15) is 5.20 Å². The molecule has 15 heavy (non-hydrogen) atoms. The average Bonchev–Trinajstić information content (AvgIpc) is 2.02. The lowest BCUT2D eigenvalue weighted by Gasteiger charge is -2.33. The van der Waals surface area contributed by atoms with Gasteiger partial charge in [0.1, 0.15) is 0 Å². The topological polar surface area (TPSA) is 50.8 Å². The highest BCUT2D eigenvalue weighted by Gasteiger charge is 2.31. The zero-order chi connectivity index (χ0) is 12.1. The minimum Gasteiger partial charge on any atom is -0.310 e. The summed E-state index contributed by atoms with van der Waals surface area (Å²) in [7, 11) is 4.79. The summed E-state index contributed by atoms with van der Waals surface area (Å²) in [6.07, 6.45) is 0. The Bertz CT molecular complexity index is 225. The van der Waals surface area contributed by atoms with Crippen LogP contribution in [-0.4, -0.2) is 31.8 Å². The Kier molecular flexibility index (Phi) is 6.83. The van der Waals surface area contributed by atoms with E-state index in [0.29, 0.717) is 0 Å². The van der Waals surface area contributed by atoms with Crippen molar-refractivity contribution in [3.63, 3.8) is 0 Å². The molecule has 8 heteroatoms. The van der Waals surface area contributed by atoms with Gasteiger partial charge in [0.2, 0.25) is 0 Å². The molecule has 92 valence electrons. The van der Waals surface area contributed by atoms with Crippen LogP contribution in [0.1, 0.15) is 20.8 Å². The van der Waals surface area contributed by atoms with Crippen molar-refractivity contribution in [3.05, 3.63) is 0 Å². The van der Waals surface area contributed by atoms with Crippen molar-refractivity contribution in [3.8, 4) is 0 Å². The fourth-order valence-corrected chi connectivity index (χ4v) is 5.23. The first-order valence-corrected chi connectivity index (χ1v) is 8.72. The Hall–Kier alpha value is 0.770. The smallest absolute Gasteiger partial charge is 0.310 e. The van der Waals surface area contributed by atoms with Gasteiger partial charge in [0.05, 0.1) is 37.5 Å². The van der Waals surface area contributed by atoms with Crippen LogP contribution in [0.5, 0.6) is 0 Å². The Balaban J connectivity index is 4.48. The first kappa shape index (κ1) is 15.8. The van der Waals surface area contributed by atoms with Crippen molar-refractivity contribution >= 4 is 29.0 Å². The Morgan fingerprint density at radius 1 is 1.20 bits per heavy atom. The van der Waals surface area contributed by atoms with E-state index in [0.717, 1.165) is 23.3 Å².